The number of hydrogen-bond acceptors (Lipinski definition) is 6. The van der Waals surface area contributed by atoms with Gasteiger partial charge in [-0.05, 0) is 30.5 Å². The Bertz CT molecular complexity index is 614. The van der Waals surface area contributed by atoms with Crippen molar-refractivity contribution in [3.8, 4) is 0 Å². The van der Waals surface area contributed by atoms with Gasteiger partial charge >= 0.3 is 5.97 Å². The minimum absolute atomic E-state index is 0.0882. The molecular formula is C16H20N2O5. The van der Waals surface area contributed by atoms with Crippen LogP contribution in [0.25, 0.3) is 6.08 Å². The van der Waals surface area contributed by atoms with Crippen molar-refractivity contribution in [2.45, 2.75) is 37.8 Å². The van der Waals surface area contributed by atoms with Crippen molar-refractivity contribution in [1.82, 2.24) is 0 Å². The van der Waals surface area contributed by atoms with Crippen LogP contribution < -0.4 is 5.32 Å². The van der Waals surface area contributed by atoms with E-state index in [-0.39, 0.29) is 11.7 Å². The van der Waals surface area contributed by atoms with E-state index < -0.39 is 17.0 Å². The van der Waals surface area contributed by atoms with Crippen molar-refractivity contribution in [1.29, 1.82) is 0 Å². The maximum Gasteiger partial charge on any atom is 0.330 e. The van der Waals surface area contributed by atoms with E-state index in [0.717, 1.165) is 19.3 Å². The number of nitrogens with one attached hydrogen (secondary N) is 1. The van der Waals surface area contributed by atoms with Crippen molar-refractivity contribution >= 4 is 23.4 Å². The average Bonchev–Trinajstić information content (AvgIpc) is 2.55. The van der Waals surface area contributed by atoms with Crippen molar-refractivity contribution in [2.24, 2.45) is 0 Å². The Hall–Kier alpha value is -2.41. The van der Waals surface area contributed by atoms with Crippen molar-refractivity contribution < 1.29 is 19.6 Å². The molecule has 1 aliphatic carbocycles. The Balaban J connectivity index is 2.21. The molecule has 2 atom stereocenters. The molecule has 1 fully saturated rings. The van der Waals surface area contributed by atoms with Gasteiger partial charge in [0.1, 0.15) is 5.69 Å². The van der Waals surface area contributed by atoms with Crippen LogP contribution in [0.15, 0.2) is 24.3 Å². The van der Waals surface area contributed by atoms with E-state index in [2.05, 4.69) is 10.1 Å². The molecule has 0 saturated heterocycles. The first-order valence-electron chi connectivity index (χ1n) is 7.50. The van der Waals surface area contributed by atoms with Crippen LogP contribution >= 0.6 is 0 Å². The van der Waals surface area contributed by atoms with Gasteiger partial charge in [0.15, 0.2) is 0 Å². The number of nitro benzene ring substituents is 1. The lowest BCUT2D eigenvalue weighted by Crippen LogP contribution is -2.36. The van der Waals surface area contributed by atoms with Crippen LogP contribution in [0.1, 0.15) is 31.2 Å². The highest BCUT2D eigenvalue weighted by Crippen LogP contribution is 2.30. The molecule has 0 bridgehead atoms. The van der Waals surface area contributed by atoms with Crippen molar-refractivity contribution in [3.63, 3.8) is 0 Å². The third-order valence-electron chi connectivity index (χ3n) is 3.90. The second-order valence-corrected chi connectivity index (χ2v) is 5.49. The number of methoxy groups -OCH3 is 1. The molecule has 7 nitrogen and oxygen atoms in total. The Labute approximate surface area is 134 Å². The van der Waals surface area contributed by atoms with E-state index in [1.165, 1.54) is 25.3 Å². The summed E-state index contributed by atoms with van der Waals surface area (Å²) in [6.45, 7) is 0. The zero-order chi connectivity index (χ0) is 16.8. The maximum absolute atomic E-state index is 11.3. The first kappa shape index (κ1) is 17.0. The van der Waals surface area contributed by atoms with E-state index >= 15 is 0 Å². The molecule has 0 aromatic heterocycles. The van der Waals surface area contributed by atoms with Gasteiger partial charge in [0.2, 0.25) is 0 Å². The zero-order valence-electron chi connectivity index (χ0n) is 12.9. The Morgan fingerprint density at radius 2 is 2.17 bits per heavy atom. The highest BCUT2D eigenvalue weighted by Gasteiger charge is 2.25. The fraction of sp³-hybridized carbons (Fsp3) is 0.438. The Morgan fingerprint density at radius 1 is 1.43 bits per heavy atom. The number of aliphatic hydroxyl groups is 1. The summed E-state index contributed by atoms with van der Waals surface area (Å²) < 4.78 is 4.49. The van der Waals surface area contributed by atoms with Crippen LogP contribution in [0.5, 0.6) is 0 Å². The second kappa shape index (κ2) is 7.73. The molecule has 1 aromatic rings. The number of nitrogens with zero attached hydrogens (tertiary/aromatic N) is 1. The lowest BCUT2D eigenvalue weighted by molar-refractivity contribution is -0.384. The van der Waals surface area contributed by atoms with Gasteiger partial charge < -0.3 is 15.2 Å². The Kier molecular flexibility index (Phi) is 5.70. The molecular weight excluding hydrogens is 300 g/mol. The van der Waals surface area contributed by atoms with Crippen molar-refractivity contribution in [3.05, 3.63) is 40.0 Å². The average molecular weight is 320 g/mol. The topological polar surface area (TPSA) is 102 Å². The normalized spacial score (nSPS) is 21.1. The number of nitro groups is 1. The summed E-state index contributed by atoms with van der Waals surface area (Å²) in [4.78, 5) is 21.9. The van der Waals surface area contributed by atoms with Crippen LogP contribution in [-0.4, -0.2) is 35.3 Å². The number of ether oxygens (including phenoxy) is 1. The third-order valence-corrected chi connectivity index (χ3v) is 3.90. The van der Waals surface area contributed by atoms with Crippen LogP contribution in [-0.2, 0) is 9.53 Å². The molecule has 1 aromatic carbocycles. The first-order chi connectivity index (χ1) is 11.0. The van der Waals surface area contributed by atoms with Gasteiger partial charge in [0.05, 0.1) is 24.2 Å². The first-order valence-corrected chi connectivity index (χ1v) is 7.50. The van der Waals surface area contributed by atoms with Crippen molar-refractivity contribution in [2.75, 3.05) is 12.4 Å². The number of carbonyl (C=O) groups is 1. The van der Waals surface area contributed by atoms with Crippen LogP contribution in [0.3, 0.4) is 0 Å². The maximum atomic E-state index is 11.3. The summed E-state index contributed by atoms with van der Waals surface area (Å²) in [5.41, 5.74) is 0.808. The fourth-order valence-corrected chi connectivity index (χ4v) is 2.64. The van der Waals surface area contributed by atoms with Crippen LogP contribution in [0, 0.1) is 10.1 Å². The zero-order valence-corrected chi connectivity index (χ0v) is 12.9. The van der Waals surface area contributed by atoms with E-state index in [1.54, 1.807) is 12.1 Å². The third kappa shape index (κ3) is 4.53. The van der Waals surface area contributed by atoms with Gasteiger partial charge in [-0.2, -0.15) is 0 Å². The summed E-state index contributed by atoms with van der Waals surface area (Å²) in [6, 6.07) is 4.47. The predicted octanol–water partition coefficient (Wildman–Crippen LogP) is 2.50. The van der Waals surface area contributed by atoms with E-state index in [1.807, 2.05) is 0 Å². The molecule has 1 aliphatic rings. The van der Waals surface area contributed by atoms with E-state index in [0.29, 0.717) is 17.7 Å². The van der Waals surface area contributed by atoms with Crippen LogP contribution in [0.2, 0.25) is 0 Å². The minimum Gasteiger partial charge on any atom is -0.466 e. The van der Waals surface area contributed by atoms with Gasteiger partial charge in [-0.25, -0.2) is 4.79 Å². The molecule has 124 valence electrons. The SMILES string of the molecule is COC(=O)/C=C/c1ccc(N[C@H]2CCCC[C@@H]2O)c([N+](=O)[O-])c1. The molecule has 0 unspecified atom stereocenters. The summed E-state index contributed by atoms with van der Waals surface area (Å²) >= 11 is 0. The fourth-order valence-electron chi connectivity index (χ4n) is 2.64. The monoisotopic (exact) mass is 320 g/mol. The van der Waals surface area contributed by atoms with E-state index in [4.69, 9.17) is 0 Å². The quantitative estimate of drug-likeness (QED) is 0.374. The van der Waals surface area contributed by atoms with Gasteiger partial charge in [0, 0.05) is 12.1 Å². The molecule has 1 saturated carbocycles. The summed E-state index contributed by atoms with van der Waals surface area (Å²) in [5, 5.41) is 24.3. The summed E-state index contributed by atoms with van der Waals surface area (Å²) in [6.07, 6.45) is 5.60. The number of rotatable bonds is 5. The van der Waals surface area contributed by atoms with Gasteiger partial charge in [0.25, 0.3) is 5.69 Å². The largest absolute Gasteiger partial charge is 0.466 e. The number of anilines is 1. The van der Waals surface area contributed by atoms with E-state index in [9.17, 15) is 20.0 Å². The number of hydrogen-bond donors (Lipinski definition) is 2. The smallest absolute Gasteiger partial charge is 0.330 e. The molecule has 2 N–H and O–H groups in total. The highest BCUT2D eigenvalue weighted by atomic mass is 16.6. The molecule has 23 heavy (non-hydrogen) atoms. The summed E-state index contributed by atoms with van der Waals surface area (Å²) in [5.74, 6) is -0.528. The Morgan fingerprint density at radius 3 is 2.83 bits per heavy atom. The number of benzene rings is 1. The molecule has 2 rings (SSSR count). The van der Waals surface area contributed by atoms with Gasteiger partial charge in [-0.3, -0.25) is 10.1 Å². The number of carbonyl (C=O) groups excluding carboxylic acids is 1. The standard InChI is InChI=1S/C16H20N2O5/c1-23-16(20)9-7-11-6-8-12(14(10-11)18(21)22)17-13-4-2-3-5-15(13)19/h6-10,13,15,17,19H,2-5H2,1H3/b9-7+/t13-,15-/m0/s1. The molecule has 0 spiro atoms. The second-order valence-electron chi connectivity index (χ2n) is 5.49. The minimum atomic E-state index is -0.528. The number of aliphatic hydroxyl groups excluding tert-OH is 1. The lowest BCUT2D eigenvalue weighted by Gasteiger charge is -2.29. The lowest BCUT2D eigenvalue weighted by atomic mass is 9.92. The summed E-state index contributed by atoms with van der Waals surface area (Å²) in [7, 11) is 1.26. The van der Waals surface area contributed by atoms with Gasteiger partial charge in [-0.1, -0.05) is 18.9 Å². The van der Waals surface area contributed by atoms with Crippen LogP contribution in [0.4, 0.5) is 11.4 Å². The molecule has 0 amide bonds. The molecule has 0 heterocycles. The highest BCUT2D eigenvalue weighted by molar-refractivity contribution is 5.87. The molecule has 0 aliphatic heterocycles. The predicted molar refractivity (Wildman–Crippen MR) is 86.0 cm³/mol. The number of esters is 1. The molecule has 7 heteroatoms. The van der Waals surface area contributed by atoms with Gasteiger partial charge in [-0.15, -0.1) is 0 Å². The molecule has 0 radical (unpaired) electrons.